The quantitative estimate of drug-likeness (QED) is 0.872. The van der Waals surface area contributed by atoms with Crippen molar-refractivity contribution in [1.29, 1.82) is 0 Å². The summed E-state index contributed by atoms with van der Waals surface area (Å²) in [6.07, 6.45) is 1.23. The second-order valence-corrected chi connectivity index (χ2v) is 7.50. The van der Waals surface area contributed by atoms with E-state index in [2.05, 4.69) is 20.6 Å². The van der Waals surface area contributed by atoms with Gasteiger partial charge in [0.15, 0.2) is 0 Å². The molecule has 1 unspecified atom stereocenters. The zero-order valence-corrected chi connectivity index (χ0v) is 12.6. The molecule has 6 nitrogen and oxygen atoms in total. The molecule has 2 heterocycles. The van der Waals surface area contributed by atoms with Crippen LogP contribution in [0.4, 0.5) is 11.8 Å². The van der Waals surface area contributed by atoms with Gasteiger partial charge in [0.25, 0.3) is 0 Å². The number of sulfone groups is 1. The minimum atomic E-state index is -3.02. The Bertz CT molecular complexity index is 681. The third-order valence-corrected chi connectivity index (χ3v) is 4.40. The first-order chi connectivity index (χ1) is 8.89. The molecule has 0 bridgehead atoms. The van der Waals surface area contributed by atoms with Gasteiger partial charge in [0.1, 0.15) is 20.5 Å². The topological polar surface area (TPSA) is 84.0 Å². The van der Waals surface area contributed by atoms with Crippen molar-refractivity contribution in [3.05, 3.63) is 11.4 Å². The molecule has 0 amide bonds. The van der Waals surface area contributed by atoms with Crippen molar-refractivity contribution in [3.8, 4) is 0 Å². The first kappa shape index (κ1) is 14.0. The molecule has 0 radical (unpaired) electrons. The largest absolute Gasteiger partial charge is 0.366 e. The predicted octanol–water partition coefficient (Wildman–Crippen LogP) is 1.58. The summed E-state index contributed by atoms with van der Waals surface area (Å²) in [7, 11) is -1.27. The molecule has 2 aromatic rings. The van der Waals surface area contributed by atoms with E-state index in [1.807, 2.05) is 18.4 Å². The van der Waals surface area contributed by atoms with Crippen LogP contribution >= 0.6 is 11.3 Å². The third kappa shape index (κ3) is 3.54. The number of rotatable bonds is 5. The van der Waals surface area contributed by atoms with Crippen LogP contribution in [0.5, 0.6) is 0 Å². The molecule has 2 N–H and O–H groups in total. The van der Waals surface area contributed by atoms with Gasteiger partial charge in [0.2, 0.25) is 5.95 Å². The summed E-state index contributed by atoms with van der Waals surface area (Å²) in [5.41, 5.74) is 0. The van der Waals surface area contributed by atoms with Gasteiger partial charge in [-0.05, 0) is 18.4 Å². The van der Waals surface area contributed by atoms with Crippen LogP contribution in [0.3, 0.4) is 0 Å². The Labute approximate surface area is 116 Å². The van der Waals surface area contributed by atoms with Crippen molar-refractivity contribution < 1.29 is 8.42 Å². The molecule has 0 aliphatic heterocycles. The number of thiophene rings is 1. The lowest BCUT2D eigenvalue weighted by Gasteiger charge is -2.14. The maximum absolute atomic E-state index is 11.3. The van der Waals surface area contributed by atoms with Crippen molar-refractivity contribution in [3.63, 3.8) is 0 Å². The Morgan fingerprint density at radius 3 is 2.79 bits per heavy atom. The number of nitrogens with one attached hydrogen (secondary N) is 2. The molecule has 2 rings (SSSR count). The Kier molecular flexibility index (Phi) is 3.91. The molecule has 8 heteroatoms. The first-order valence-corrected chi connectivity index (χ1v) is 8.70. The SMILES string of the molecule is CNc1nc(NC(C)CS(C)(=O)=O)c2ccsc2n1. The van der Waals surface area contributed by atoms with E-state index in [0.717, 1.165) is 10.2 Å². The molecule has 0 fully saturated rings. The van der Waals surface area contributed by atoms with Crippen LogP contribution in [0.15, 0.2) is 11.4 Å². The normalized spacial score (nSPS) is 13.4. The summed E-state index contributed by atoms with van der Waals surface area (Å²) >= 11 is 1.52. The molecular formula is C11H16N4O2S2. The highest BCUT2D eigenvalue weighted by Crippen LogP contribution is 2.26. The van der Waals surface area contributed by atoms with E-state index in [4.69, 9.17) is 0 Å². The van der Waals surface area contributed by atoms with E-state index in [-0.39, 0.29) is 11.8 Å². The van der Waals surface area contributed by atoms with Crippen LogP contribution < -0.4 is 10.6 Å². The van der Waals surface area contributed by atoms with E-state index in [1.54, 1.807) is 7.05 Å². The monoisotopic (exact) mass is 300 g/mol. The van der Waals surface area contributed by atoms with Crippen molar-refractivity contribution in [2.45, 2.75) is 13.0 Å². The van der Waals surface area contributed by atoms with Gasteiger partial charge in [-0.25, -0.2) is 13.4 Å². The van der Waals surface area contributed by atoms with Crippen LogP contribution in [-0.2, 0) is 9.84 Å². The summed E-state index contributed by atoms with van der Waals surface area (Å²) < 4.78 is 22.6. The van der Waals surface area contributed by atoms with Crippen LogP contribution in [-0.4, -0.2) is 43.5 Å². The highest BCUT2D eigenvalue weighted by molar-refractivity contribution is 7.90. The second kappa shape index (κ2) is 5.30. The Hall–Kier alpha value is -1.41. The predicted molar refractivity (Wildman–Crippen MR) is 79.8 cm³/mol. The highest BCUT2D eigenvalue weighted by Gasteiger charge is 2.14. The van der Waals surface area contributed by atoms with Crippen LogP contribution in [0.2, 0.25) is 0 Å². The Morgan fingerprint density at radius 2 is 2.16 bits per heavy atom. The van der Waals surface area contributed by atoms with Crippen LogP contribution in [0, 0.1) is 0 Å². The van der Waals surface area contributed by atoms with E-state index in [9.17, 15) is 8.42 Å². The number of hydrogen-bond donors (Lipinski definition) is 2. The number of fused-ring (bicyclic) bond motifs is 1. The molecule has 1 atom stereocenters. The smallest absolute Gasteiger partial charge is 0.225 e. The lowest BCUT2D eigenvalue weighted by atomic mass is 10.3. The number of nitrogens with zero attached hydrogens (tertiary/aromatic N) is 2. The summed E-state index contributed by atoms with van der Waals surface area (Å²) in [4.78, 5) is 9.54. The molecule has 0 aromatic carbocycles. The molecule has 19 heavy (non-hydrogen) atoms. The second-order valence-electron chi connectivity index (χ2n) is 4.42. The molecule has 0 aliphatic rings. The van der Waals surface area contributed by atoms with Gasteiger partial charge in [-0.1, -0.05) is 0 Å². The first-order valence-electron chi connectivity index (χ1n) is 5.76. The molecule has 104 valence electrons. The van der Waals surface area contributed by atoms with E-state index >= 15 is 0 Å². The van der Waals surface area contributed by atoms with Gasteiger partial charge in [-0.3, -0.25) is 0 Å². The molecule has 0 spiro atoms. The molecular weight excluding hydrogens is 284 g/mol. The lowest BCUT2D eigenvalue weighted by molar-refractivity contribution is 0.598. The highest BCUT2D eigenvalue weighted by atomic mass is 32.2. The standard InChI is InChI=1S/C11H16N4O2S2/c1-7(6-19(3,16)17)13-9-8-4-5-18-10(8)15-11(12-2)14-9/h4-5,7H,6H2,1-3H3,(H2,12,13,14,15). The fourth-order valence-electron chi connectivity index (χ4n) is 1.81. The maximum atomic E-state index is 11.3. The van der Waals surface area contributed by atoms with E-state index in [1.165, 1.54) is 17.6 Å². The molecule has 0 aliphatic carbocycles. The Balaban J connectivity index is 2.31. The summed E-state index contributed by atoms with van der Waals surface area (Å²) in [6.45, 7) is 1.82. The average Bonchev–Trinajstić information content (AvgIpc) is 2.74. The van der Waals surface area contributed by atoms with Gasteiger partial charge in [0, 0.05) is 19.3 Å². The average molecular weight is 300 g/mol. The van der Waals surface area contributed by atoms with Crippen molar-refractivity contribution >= 4 is 43.2 Å². The minimum Gasteiger partial charge on any atom is -0.366 e. The number of aromatic nitrogens is 2. The molecule has 0 saturated heterocycles. The van der Waals surface area contributed by atoms with Gasteiger partial charge in [-0.15, -0.1) is 11.3 Å². The van der Waals surface area contributed by atoms with Gasteiger partial charge in [0.05, 0.1) is 11.1 Å². The fraction of sp³-hybridized carbons (Fsp3) is 0.455. The minimum absolute atomic E-state index is 0.0670. The van der Waals surface area contributed by atoms with Crippen LogP contribution in [0.25, 0.3) is 10.2 Å². The van der Waals surface area contributed by atoms with Gasteiger partial charge >= 0.3 is 0 Å². The van der Waals surface area contributed by atoms with Crippen molar-refractivity contribution in [2.75, 3.05) is 29.7 Å². The Morgan fingerprint density at radius 1 is 1.42 bits per heavy atom. The van der Waals surface area contributed by atoms with E-state index < -0.39 is 9.84 Å². The summed E-state index contributed by atoms with van der Waals surface area (Å²) in [6, 6.07) is 1.72. The fourth-order valence-corrected chi connectivity index (χ4v) is 3.56. The zero-order chi connectivity index (χ0) is 14.0. The molecule has 2 aromatic heterocycles. The van der Waals surface area contributed by atoms with Crippen LogP contribution in [0.1, 0.15) is 6.92 Å². The third-order valence-electron chi connectivity index (χ3n) is 2.48. The summed E-state index contributed by atoms with van der Waals surface area (Å²) in [5.74, 6) is 1.24. The van der Waals surface area contributed by atoms with Crippen molar-refractivity contribution in [1.82, 2.24) is 9.97 Å². The number of anilines is 2. The van der Waals surface area contributed by atoms with Gasteiger partial charge in [-0.2, -0.15) is 4.98 Å². The van der Waals surface area contributed by atoms with Crippen molar-refractivity contribution in [2.24, 2.45) is 0 Å². The molecule has 0 saturated carbocycles. The summed E-state index contributed by atoms with van der Waals surface area (Å²) in [5, 5.41) is 8.88. The van der Waals surface area contributed by atoms with E-state index in [0.29, 0.717) is 11.8 Å². The lowest BCUT2D eigenvalue weighted by Crippen LogP contribution is -2.25. The number of hydrogen-bond acceptors (Lipinski definition) is 7. The maximum Gasteiger partial charge on any atom is 0.225 e. The zero-order valence-electron chi connectivity index (χ0n) is 11.0. The van der Waals surface area contributed by atoms with Gasteiger partial charge < -0.3 is 10.6 Å².